The van der Waals surface area contributed by atoms with Gasteiger partial charge in [0.15, 0.2) is 0 Å². The first-order valence-corrected chi connectivity index (χ1v) is 7.32. The van der Waals surface area contributed by atoms with Crippen LogP contribution in [0.25, 0.3) is 16.6 Å². The van der Waals surface area contributed by atoms with E-state index in [1.807, 2.05) is 6.08 Å². The molecule has 22 heavy (non-hydrogen) atoms. The van der Waals surface area contributed by atoms with Crippen LogP contribution in [0.2, 0.25) is 0 Å². The van der Waals surface area contributed by atoms with E-state index in [0.29, 0.717) is 23.2 Å². The minimum absolute atomic E-state index is 0.0665. The van der Waals surface area contributed by atoms with Gasteiger partial charge in [-0.25, -0.2) is 14.8 Å². The van der Waals surface area contributed by atoms with E-state index in [-0.39, 0.29) is 11.9 Å². The molecule has 0 spiro atoms. The van der Waals surface area contributed by atoms with Gasteiger partial charge < -0.3 is 9.72 Å². The summed E-state index contributed by atoms with van der Waals surface area (Å²) in [6.07, 6.45) is 7.45. The molecule has 0 amide bonds. The minimum atomic E-state index is -0.379. The number of carbonyl (C=O) groups excluding carboxylic acids is 1. The number of fused-ring (bicyclic) bond motifs is 1. The maximum atomic E-state index is 12.1. The third kappa shape index (κ3) is 2.46. The van der Waals surface area contributed by atoms with E-state index < -0.39 is 0 Å². The van der Waals surface area contributed by atoms with Crippen LogP contribution in [0.5, 0.6) is 0 Å². The normalized spacial score (nSPS) is 17.8. The summed E-state index contributed by atoms with van der Waals surface area (Å²) < 4.78 is 5.09. The van der Waals surface area contributed by atoms with Gasteiger partial charge in [0.2, 0.25) is 0 Å². The highest BCUT2D eigenvalue weighted by atomic mass is 16.5. The van der Waals surface area contributed by atoms with E-state index in [2.05, 4.69) is 21.0 Å². The summed E-state index contributed by atoms with van der Waals surface area (Å²) in [7, 11) is 0. The average Bonchev–Trinajstić information content (AvgIpc) is 2.99. The summed E-state index contributed by atoms with van der Waals surface area (Å²) in [4.78, 5) is 23.6. The number of allylic oxidation sites excluding steroid dienone is 2. The van der Waals surface area contributed by atoms with E-state index in [4.69, 9.17) is 10.00 Å². The second kappa shape index (κ2) is 5.98. The van der Waals surface area contributed by atoms with Crippen molar-refractivity contribution >= 4 is 22.6 Å². The smallest absolute Gasteiger partial charge is 0.340 e. The Balaban J connectivity index is 2.07. The molecule has 0 aliphatic heterocycles. The second-order valence-electron chi connectivity index (χ2n) is 5.20. The molecular formula is C16H16N4O2. The lowest BCUT2D eigenvalue weighted by molar-refractivity contribution is 0.0528. The molecule has 1 unspecified atom stereocenters. The van der Waals surface area contributed by atoms with E-state index >= 15 is 0 Å². The zero-order valence-corrected chi connectivity index (χ0v) is 12.3. The number of ether oxygens (including phenoxy) is 1. The molecule has 6 nitrogen and oxygen atoms in total. The van der Waals surface area contributed by atoms with E-state index in [1.54, 1.807) is 13.1 Å². The number of hydrogen-bond acceptors (Lipinski definition) is 5. The molecule has 1 N–H and O–H groups in total. The number of H-pyrrole nitrogens is 1. The van der Waals surface area contributed by atoms with E-state index in [0.717, 1.165) is 30.5 Å². The lowest BCUT2D eigenvalue weighted by atomic mass is 9.88. The number of esters is 1. The standard InChI is InChI=1S/C16H16N4O2/c1-2-22-16(21)12-8-18-15-13(12)14(19-9-20-15)11-5-3-10(7-17)4-6-11/h5,8-10H,2-4,6H2,1H3,(H,18,19,20). The molecular weight excluding hydrogens is 280 g/mol. The van der Waals surface area contributed by atoms with Crippen molar-refractivity contribution in [1.29, 1.82) is 5.26 Å². The van der Waals surface area contributed by atoms with Crippen LogP contribution in [-0.2, 0) is 4.74 Å². The Labute approximate surface area is 127 Å². The predicted octanol–water partition coefficient (Wildman–Crippen LogP) is 2.84. The second-order valence-corrected chi connectivity index (χ2v) is 5.20. The molecule has 112 valence electrons. The number of nitriles is 1. The van der Waals surface area contributed by atoms with Crippen molar-refractivity contribution in [2.75, 3.05) is 6.61 Å². The summed E-state index contributed by atoms with van der Waals surface area (Å²) in [5.41, 5.74) is 2.89. The van der Waals surface area contributed by atoms with Gasteiger partial charge in [0, 0.05) is 6.20 Å². The fourth-order valence-corrected chi connectivity index (χ4v) is 2.74. The van der Waals surface area contributed by atoms with Crippen LogP contribution < -0.4 is 0 Å². The van der Waals surface area contributed by atoms with Crippen molar-refractivity contribution in [1.82, 2.24) is 15.0 Å². The summed E-state index contributed by atoms with van der Waals surface area (Å²) in [6.45, 7) is 2.09. The zero-order valence-electron chi connectivity index (χ0n) is 12.3. The first kappa shape index (κ1) is 14.3. The van der Waals surface area contributed by atoms with E-state index in [1.165, 1.54) is 6.33 Å². The number of aromatic nitrogens is 3. The van der Waals surface area contributed by atoms with Gasteiger partial charge in [-0.15, -0.1) is 0 Å². The number of carbonyl (C=O) groups is 1. The fraction of sp³-hybridized carbons (Fsp3) is 0.375. The molecule has 0 fully saturated rings. The highest BCUT2D eigenvalue weighted by molar-refractivity contribution is 6.06. The maximum absolute atomic E-state index is 12.1. The third-order valence-electron chi connectivity index (χ3n) is 3.86. The Morgan fingerprint density at radius 3 is 3.09 bits per heavy atom. The van der Waals surface area contributed by atoms with Crippen molar-refractivity contribution in [2.24, 2.45) is 5.92 Å². The summed E-state index contributed by atoms with van der Waals surface area (Å²) in [5, 5.41) is 9.69. The highest BCUT2D eigenvalue weighted by Gasteiger charge is 2.22. The lowest BCUT2D eigenvalue weighted by Gasteiger charge is -2.16. The summed E-state index contributed by atoms with van der Waals surface area (Å²) >= 11 is 0. The van der Waals surface area contributed by atoms with Crippen molar-refractivity contribution in [3.63, 3.8) is 0 Å². The molecule has 0 radical (unpaired) electrons. The van der Waals surface area contributed by atoms with Crippen molar-refractivity contribution < 1.29 is 9.53 Å². The highest BCUT2D eigenvalue weighted by Crippen LogP contribution is 2.33. The van der Waals surface area contributed by atoms with Gasteiger partial charge >= 0.3 is 5.97 Å². The van der Waals surface area contributed by atoms with Gasteiger partial charge in [-0.2, -0.15) is 5.26 Å². The van der Waals surface area contributed by atoms with Crippen LogP contribution in [0.4, 0.5) is 0 Å². The van der Waals surface area contributed by atoms with Gasteiger partial charge in [-0.3, -0.25) is 0 Å². The molecule has 1 aliphatic rings. The number of nitrogens with zero attached hydrogens (tertiary/aromatic N) is 3. The number of hydrogen-bond donors (Lipinski definition) is 1. The molecule has 2 heterocycles. The largest absolute Gasteiger partial charge is 0.462 e. The minimum Gasteiger partial charge on any atom is -0.462 e. The van der Waals surface area contributed by atoms with Crippen molar-refractivity contribution in [3.8, 4) is 6.07 Å². The molecule has 0 bridgehead atoms. The summed E-state index contributed by atoms with van der Waals surface area (Å²) in [6, 6.07) is 2.30. The molecule has 1 atom stereocenters. The number of aromatic amines is 1. The van der Waals surface area contributed by atoms with Crippen LogP contribution in [0.3, 0.4) is 0 Å². The Morgan fingerprint density at radius 1 is 1.55 bits per heavy atom. The molecule has 0 aromatic carbocycles. The monoisotopic (exact) mass is 296 g/mol. The first-order chi connectivity index (χ1) is 10.7. The zero-order chi connectivity index (χ0) is 15.5. The van der Waals surface area contributed by atoms with Crippen molar-refractivity contribution in [3.05, 3.63) is 29.9 Å². The van der Waals surface area contributed by atoms with Crippen LogP contribution in [-0.4, -0.2) is 27.5 Å². The first-order valence-electron chi connectivity index (χ1n) is 7.32. The summed E-state index contributed by atoms with van der Waals surface area (Å²) in [5.74, 6) is -0.312. The Bertz CT molecular complexity index is 785. The Hall–Kier alpha value is -2.68. The van der Waals surface area contributed by atoms with Crippen LogP contribution in [0.1, 0.15) is 42.2 Å². The molecule has 1 aliphatic carbocycles. The number of nitrogens with one attached hydrogen (secondary N) is 1. The molecule has 6 heteroatoms. The average molecular weight is 296 g/mol. The third-order valence-corrected chi connectivity index (χ3v) is 3.86. The molecule has 2 aromatic rings. The van der Waals surface area contributed by atoms with Crippen molar-refractivity contribution in [2.45, 2.75) is 26.2 Å². The van der Waals surface area contributed by atoms with E-state index in [9.17, 15) is 4.79 Å². The SMILES string of the molecule is CCOC(=O)c1c[nH]c2ncnc(C3=CCC(C#N)CC3)c12. The molecule has 3 rings (SSSR count). The predicted molar refractivity (Wildman–Crippen MR) is 80.8 cm³/mol. The number of rotatable bonds is 3. The van der Waals surface area contributed by atoms with Crippen LogP contribution in [0.15, 0.2) is 18.6 Å². The molecule has 0 saturated carbocycles. The Morgan fingerprint density at radius 2 is 2.41 bits per heavy atom. The van der Waals surface area contributed by atoms with Gasteiger partial charge in [-0.1, -0.05) is 6.08 Å². The molecule has 2 aromatic heterocycles. The quantitative estimate of drug-likeness (QED) is 0.879. The van der Waals surface area contributed by atoms with Gasteiger partial charge in [0.25, 0.3) is 0 Å². The maximum Gasteiger partial charge on any atom is 0.340 e. The van der Waals surface area contributed by atoms with Gasteiger partial charge in [0.05, 0.1) is 35.2 Å². The van der Waals surface area contributed by atoms with Crippen LogP contribution in [0, 0.1) is 17.2 Å². The van der Waals surface area contributed by atoms with Gasteiger partial charge in [-0.05, 0) is 31.8 Å². The fourth-order valence-electron chi connectivity index (χ4n) is 2.74. The lowest BCUT2D eigenvalue weighted by Crippen LogP contribution is -2.07. The van der Waals surface area contributed by atoms with Crippen LogP contribution >= 0.6 is 0 Å². The molecule has 0 saturated heterocycles. The Kier molecular flexibility index (Phi) is 3.88. The topological polar surface area (TPSA) is 91.7 Å². The van der Waals surface area contributed by atoms with Gasteiger partial charge in [0.1, 0.15) is 12.0 Å².